The van der Waals surface area contributed by atoms with E-state index in [9.17, 15) is 5.11 Å². The molecule has 1 N–H and O–H groups in total. The van der Waals surface area contributed by atoms with Gasteiger partial charge in [-0.25, -0.2) is 0 Å². The van der Waals surface area contributed by atoms with Crippen molar-refractivity contribution >= 4 is 0 Å². The molecule has 2 nitrogen and oxygen atoms in total. The van der Waals surface area contributed by atoms with Gasteiger partial charge in [-0.3, -0.25) is 0 Å². The molecule has 16 heavy (non-hydrogen) atoms. The minimum atomic E-state index is -0.519. The van der Waals surface area contributed by atoms with Gasteiger partial charge in [0.25, 0.3) is 0 Å². The second kappa shape index (κ2) is 5.50. The van der Waals surface area contributed by atoms with Crippen molar-refractivity contribution < 1.29 is 9.84 Å². The van der Waals surface area contributed by atoms with Gasteiger partial charge in [0.05, 0.1) is 11.7 Å². The zero-order valence-corrected chi connectivity index (χ0v) is 10.6. The van der Waals surface area contributed by atoms with E-state index in [2.05, 4.69) is 0 Å². The highest BCUT2D eigenvalue weighted by Crippen LogP contribution is 2.39. The standard InChI is InChI=1S/C14H26O2/c1-16-13-9-5-6-10-14(13,15)11-12-7-3-2-4-8-12/h12-13,15H,2-11H2,1H3. The van der Waals surface area contributed by atoms with E-state index in [1.807, 2.05) is 0 Å². The molecule has 2 aliphatic rings. The molecule has 0 spiro atoms. The first-order valence-corrected chi connectivity index (χ1v) is 7.00. The second-order valence-corrected chi connectivity index (χ2v) is 5.78. The van der Waals surface area contributed by atoms with E-state index >= 15 is 0 Å². The Morgan fingerprint density at radius 2 is 1.75 bits per heavy atom. The first-order valence-electron chi connectivity index (χ1n) is 7.00. The van der Waals surface area contributed by atoms with Gasteiger partial charge in [-0.05, 0) is 25.2 Å². The van der Waals surface area contributed by atoms with Crippen molar-refractivity contribution in [1.29, 1.82) is 0 Å². The first kappa shape index (κ1) is 12.4. The van der Waals surface area contributed by atoms with Gasteiger partial charge < -0.3 is 9.84 Å². The molecule has 0 aliphatic heterocycles. The maximum Gasteiger partial charge on any atom is 0.0910 e. The normalized spacial score (nSPS) is 37.5. The van der Waals surface area contributed by atoms with Gasteiger partial charge in [-0.15, -0.1) is 0 Å². The molecule has 2 aliphatic carbocycles. The summed E-state index contributed by atoms with van der Waals surface area (Å²) in [5.74, 6) is 0.745. The molecule has 2 saturated carbocycles. The lowest BCUT2D eigenvalue weighted by molar-refractivity contribution is -0.129. The van der Waals surface area contributed by atoms with E-state index in [0.717, 1.165) is 25.2 Å². The maximum absolute atomic E-state index is 10.8. The van der Waals surface area contributed by atoms with Crippen molar-refractivity contribution in [3.8, 4) is 0 Å². The van der Waals surface area contributed by atoms with Crippen molar-refractivity contribution in [1.82, 2.24) is 0 Å². The Hall–Kier alpha value is -0.0800. The van der Waals surface area contributed by atoms with E-state index < -0.39 is 5.60 Å². The van der Waals surface area contributed by atoms with Gasteiger partial charge in [-0.2, -0.15) is 0 Å². The zero-order chi connectivity index (χ0) is 11.4. The third-order valence-corrected chi connectivity index (χ3v) is 4.58. The van der Waals surface area contributed by atoms with E-state index in [0.29, 0.717) is 0 Å². The van der Waals surface area contributed by atoms with Crippen molar-refractivity contribution in [2.45, 2.75) is 75.9 Å². The molecular formula is C14H26O2. The maximum atomic E-state index is 10.8. The van der Waals surface area contributed by atoms with Crippen LogP contribution in [0.2, 0.25) is 0 Å². The minimum absolute atomic E-state index is 0.0863. The van der Waals surface area contributed by atoms with E-state index in [-0.39, 0.29) is 6.10 Å². The first-order chi connectivity index (χ1) is 7.74. The molecular weight excluding hydrogens is 200 g/mol. The average molecular weight is 226 g/mol. The summed E-state index contributed by atoms with van der Waals surface area (Å²) in [4.78, 5) is 0. The van der Waals surface area contributed by atoms with Gasteiger partial charge in [0.2, 0.25) is 0 Å². The molecule has 0 aromatic carbocycles. The van der Waals surface area contributed by atoms with Gasteiger partial charge in [0, 0.05) is 7.11 Å². The Labute approximate surface area is 99.4 Å². The summed E-state index contributed by atoms with van der Waals surface area (Å²) in [6.07, 6.45) is 12.2. The fraction of sp³-hybridized carbons (Fsp3) is 1.00. The number of hydrogen-bond acceptors (Lipinski definition) is 2. The predicted molar refractivity (Wildman–Crippen MR) is 65.4 cm³/mol. The minimum Gasteiger partial charge on any atom is -0.387 e. The summed E-state index contributed by atoms with van der Waals surface area (Å²) in [5.41, 5.74) is -0.519. The molecule has 2 rings (SSSR count). The van der Waals surface area contributed by atoms with E-state index in [1.165, 1.54) is 44.9 Å². The largest absolute Gasteiger partial charge is 0.387 e. The second-order valence-electron chi connectivity index (χ2n) is 5.78. The lowest BCUT2D eigenvalue weighted by atomic mass is 9.73. The molecule has 2 heteroatoms. The number of ether oxygens (including phenoxy) is 1. The van der Waals surface area contributed by atoms with Crippen LogP contribution < -0.4 is 0 Å². The number of aliphatic hydroxyl groups is 1. The van der Waals surface area contributed by atoms with Crippen LogP contribution in [0.4, 0.5) is 0 Å². The van der Waals surface area contributed by atoms with Crippen LogP contribution in [0.3, 0.4) is 0 Å². The molecule has 2 fully saturated rings. The van der Waals surface area contributed by atoms with Crippen molar-refractivity contribution in [2.75, 3.05) is 7.11 Å². The topological polar surface area (TPSA) is 29.5 Å². The van der Waals surface area contributed by atoms with Gasteiger partial charge >= 0.3 is 0 Å². The predicted octanol–water partition coefficient (Wildman–Crippen LogP) is 3.28. The Kier molecular flexibility index (Phi) is 4.26. The van der Waals surface area contributed by atoms with Crippen molar-refractivity contribution in [3.63, 3.8) is 0 Å². The molecule has 0 heterocycles. The van der Waals surface area contributed by atoms with E-state index in [4.69, 9.17) is 4.74 Å². The Bertz CT molecular complexity index is 211. The Morgan fingerprint density at radius 3 is 2.44 bits per heavy atom. The fourth-order valence-electron chi connectivity index (χ4n) is 3.65. The number of hydrogen-bond donors (Lipinski definition) is 1. The SMILES string of the molecule is COC1CCCCC1(O)CC1CCCCC1. The highest BCUT2D eigenvalue weighted by molar-refractivity contribution is 4.93. The highest BCUT2D eigenvalue weighted by Gasteiger charge is 2.40. The van der Waals surface area contributed by atoms with Crippen molar-refractivity contribution in [3.05, 3.63) is 0 Å². The monoisotopic (exact) mass is 226 g/mol. The Morgan fingerprint density at radius 1 is 1.06 bits per heavy atom. The number of rotatable bonds is 3. The molecule has 0 saturated heterocycles. The van der Waals surface area contributed by atoms with Crippen LogP contribution >= 0.6 is 0 Å². The number of methoxy groups -OCH3 is 1. The molecule has 0 amide bonds. The third kappa shape index (κ3) is 2.78. The summed E-state index contributed by atoms with van der Waals surface area (Å²) < 4.78 is 5.50. The molecule has 2 atom stereocenters. The van der Waals surface area contributed by atoms with E-state index in [1.54, 1.807) is 7.11 Å². The molecule has 94 valence electrons. The summed E-state index contributed by atoms with van der Waals surface area (Å²) in [7, 11) is 1.75. The highest BCUT2D eigenvalue weighted by atomic mass is 16.5. The molecule has 0 bridgehead atoms. The molecule has 0 radical (unpaired) electrons. The molecule has 0 aromatic heterocycles. The van der Waals surface area contributed by atoms with Gasteiger partial charge in [0.15, 0.2) is 0 Å². The lowest BCUT2D eigenvalue weighted by Crippen LogP contribution is -2.47. The van der Waals surface area contributed by atoms with Crippen LogP contribution in [0, 0.1) is 5.92 Å². The van der Waals surface area contributed by atoms with Crippen LogP contribution in [0.25, 0.3) is 0 Å². The van der Waals surface area contributed by atoms with Crippen molar-refractivity contribution in [2.24, 2.45) is 5.92 Å². The van der Waals surface area contributed by atoms with Crippen LogP contribution in [0.15, 0.2) is 0 Å². The average Bonchev–Trinajstić information content (AvgIpc) is 2.30. The third-order valence-electron chi connectivity index (χ3n) is 4.58. The Balaban J connectivity index is 1.93. The van der Waals surface area contributed by atoms with Gasteiger partial charge in [-0.1, -0.05) is 44.9 Å². The summed E-state index contributed by atoms with van der Waals surface area (Å²) in [5, 5.41) is 10.8. The van der Waals surface area contributed by atoms with Crippen LogP contribution in [-0.4, -0.2) is 23.9 Å². The zero-order valence-electron chi connectivity index (χ0n) is 10.6. The summed E-state index contributed by atoms with van der Waals surface area (Å²) in [6.45, 7) is 0. The quantitative estimate of drug-likeness (QED) is 0.800. The summed E-state index contributed by atoms with van der Waals surface area (Å²) >= 11 is 0. The lowest BCUT2D eigenvalue weighted by Gasteiger charge is -2.41. The molecule has 0 aromatic rings. The van der Waals surface area contributed by atoms with Crippen LogP contribution in [0.1, 0.15) is 64.2 Å². The van der Waals surface area contributed by atoms with Gasteiger partial charge in [0.1, 0.15) is 0 Å². The molecule has 2 unspecified atom stereocenters. The fourth-order valence-corrected chi connectivity index (χ4v) is 3.65. The smallest absolute Gasteiger partial charge is 0.0910 e. The summed E-state index contributed by atoms with van der Waals surface area (Å²) in [6, 6.07) is 0. The van der Waals surface area contributed by atoms with Crippen LogP contribution in [0.5, 0.6) is 0 Å². The van der Waals surface area contributed by atoms with Crippen LogP contribution in [-0.2, 0) is 4.74 Å².